The molecule has 1 N–H and O–H groups in total. The Hall–Kier alpha value is -3.36. The Morgan fingerprint density at radius 2 is 1.65 bits per heavy atom. The van der Waals surface area contributed by atoms with Crippen LogP contribution in [0.15, 0.2) is 69.6 Å². The zero-order valence-corrected chi connectivity index (χ0v) is 19.3. The van der Waals surface area contributed by atoms with E-state index in [4.69, 9.17) is 4.74 Å². The van der Waals surface area contributed by atoms with Crippen LogP contribution < -0.4 is 20.9 Å². The fourth-order valence-electron chi connectivity index (χ4n) is 4.43. The number of hydrogen-bond acceptors (Lipinski definition) is 6. The number of aromatic nitrogens is 2. The van der Waals surface area contributed by atoms with Gasteiger partial charge in [0.2, 0.25) is 0 Å². The van der Waals surface area contributed by atoms with Gasteiger partial charge in [0.15, 0.2) is 0 Å². The summed E-state index contributed by atoms with van der Waals surface area (Å²) < 4.78 is 6.84. The maximum Gasteiger partial charge on any atom is 0.329 e. The average Bonchev–Trinajstić information content (AvgIpc) is 3.29. The molecule has 0 saturated carbocycles. The van der Waals surface area contributed by atoms with Crippen molar-refractivity contribution in [3.05, 3.63) is 80.8 Å². The summed E-state index contributed by atoms with van der Waals surface area (Å²) in [4.78, 5) is 34.1. The zero-order chi connectivity index (χ0) is 22.8. The first-order valence-electron chi connectivity index (χ1n) is 11.1. The van der Waals surface area contributed by atoms with Crippen molar-refractivity contribution in [2.75, 3.05) is 44.7 Å². The first-order valence-corrected chi connectivity index (χ1v) is 11.9. The Bertz CT molecular complexity index is 1370. The topological polar surface area (TPSA) is 70.6 Å². The minimum atomic E-state index is -0.346. The standard InChI is InChI=1S/C25H26N4O3S.CH4/c1-32-21-10-6-5-9-20(21)28-14-11-27(12-15-28)13-16-29-24(30)22-19(18-7-3-2-4-8-18)17-33-23(22)26-25(29)31;/h2-10,17H,11-16H2,1H3,(H,26,31);1H4. The van der Waals surface area contributed by atoms with E-state index in [1.165, 1.54) is 15.9 Å². The van der Waals surface area contributed by atoms with Crippen molar-refractivity contribution in [3.8, 4) is 16.9 Å². The van der Waals surface area contributed by atoms with Crippen molar-refractivity contribution in [1.82, 2.24) is 14.5 Å². The average molecular weight is 479 g/mol. The lowest BCUT2D eigenvalue weighted by molar-refractivity contribution is 0.245. The summed E-state index contributed by atoms with van der Waals surface area (Å²) in [6.07, 6.45) is 0. The number of ether oxygens (including phenoxy) is 1. The van der Waals surface area contributed by atoms with Crippen molar-refractivity contribution in [3.63, 3.8) is 0 Å². The number of rotatable bonds is 6. The molecule has 2 aromatic heterocycles. The van der Waals surface area contributed by atoms with Crippen LogP contribution in [-0.2, 0) is 6.54 Å². The van der Waals surface area contributed by atoms with Crippen LogP contribution in [0.5, 0.6) is 5.75 Å². The van der Waals surface area contributed by atoms with E-state index in [9.17, 15) is 9.59 Å². The molecule has 4 aromatic rings. The predicted octanol–water partition coefficient (Wildman–Crippen LogP) is 3.89. The zero-order valence-electron chi connectivity index (χ0n) is 18.5. The van der Waals surface area contributed by atoms with Gasteiger partial charge >= 0.3 is 5.69 Å². The Morgan fingerprint density at radius 1 is 0.941 bits per heavy atom. The highest BCUT2D eigenvalue weighted by Gasteiger charge is 2.20. The third-order valence-corrected chi connectivity index (χ3v) is 7.13. The van der Waals surface area contributed by atoms with E-state index < -0.39 is 0 Å². The van der Waals surface area contributed by atoms with Gasteiger partial charge in [-0.25, -0.2) is 4.79 Å². The third kappa shape index (κ3) is 4.51. The van der Waals surface area contributed by atoms with Crippen LogP contribution in [0.2, 0.25) is 0 Å². The van der Waals surface area contributed by atoms with Gasteiger partial charge in [-0.3, -0.25) is 19.2 Å². The van der Waals surface area contributed by atoms with Gasteiger partial charge in [0.1, 0.15) is 10.6 Å². The smallest absolute Gasteiger partial charge is 0.329 e. The first kappa shape index (κ1) is 23.8. The van der Waals surface area contributed by atoms with Gasteiger partial charge in [-0.2, -0.15) is 0 Å². The fraction of sp³-hybridized carbons (Fsp3) is 0.308. The van der Waals surface area contributed by atoms with Gasteiger partial charge in [-0.1, -0.05) is 49.9 Å². The Balaban J connectivity index is 0.00000274. The maximum absolute atomic E-state index is 13.3. The fourth-order valence-corrected chi connectivity index (χ4v) is 5.38. The minimum absolute atomic E-state index is 0. The Labute approximate surface area is 202 Å². The number of methoxy groups -OCH3 is 1. The molecule has 0 unspecified atom stereocenters. The molecule has 0 radical (unpaired) electrons. The summed E-state index contributed by atoms with van der Waals surface area (Å²) >= 11 is 1.40. The first-order chi connectivity index (χ1) is 16.2. The minimum Gasteiger partial charge on any atom is -0.495 e. The summed E-state index contributed by atoms with van der Waals surface area (Å²) in [7, 11) is 1.69. The number of nitrogens with zero attached hydrogens (tertiary/aromatic N) is 3. The summed E-state index contributed by atoms with van der Waals surface area (Å²) in [5.74, 6) is 0.877. The van der Waals surface area contributed by atoms with Crippen LogP contribution >= 0.6 is 11.3 Å². The second-order valence-corrected chi connectivity index (χ2v) is 8.99. The van der Waals surface area contributed by atoms with Crippen molar-refractivity contribution < 1.29 is 4.74 Å². The SMILES string of the molecule is C.COc1ccccc1N1CCN(CCn2c(=O)[nH]c3scc(-c4ccccc4)c3c2=O)CC1. The number of piperazine rings is 1. The molecule has 0 bridgehead atoms. The molecule has 1 aliphatic rings. The van der Waals surface area contributed by atoms with Crippen LogP contribution in [0.3, 0.4) is 0 Å². The van der Waals surface area contributed by atoms with Gasteiger partial charge < -0.3 is 9.64 Å². The molecule has 0 amide bonds. The quantitative estimate of drug-likeness (QED) is 0.455. The summed E-state index contributed by atoms with van der Waals surface area (Å²) in [5.41, 5.74) is 2.38. The van der Waals surface area contributed by atoms with E-state index in [1.807, 2.05) is 53.9 Å². The molecule has 1 saturated heterocycles. The molecule has 1 aliphatic heterocycles. The van der Waals surface area contributed by atoms with Crippen LogP contribution in [0, 0.1) is 0 Å². The van der Waals surface area contributed by atoms with Crippen LogP contribution in [-0.4, -0.2) is 54.3 Å². The van der Waals surface area contributed by atoms with E-state index in [1.54, 1.807) is 7.11 Å². The maximum atomic E-state index is 13.3. The number of benzene rings is 2. The lowest BCUT2D eigenvalue weighted by Crippen LogP contribution is -2.48. The van der Waals surface area contributed by atoms with Gasteiger partial charge in [0.25, 0.3) is 5.56 Å². The molecule has 3 heterocycles. The summed E-state index contributed by atoms with van der Waals surface area (Å²) in [6, 6.07) is 17.9. The largest absolute Gasteiger partial charge is 0.495 e. The number of anilines is 1. The molecule has 8 heteroatoms. The van der Waals surface area contributed by atoms with Gasteiger partial charge in [-0.05, 0) is 17.7 Å². The molecule has 0 spiro atoms. The predicted molar refractivity (Wildman–Crippen MR) is 141 cm³/mol. The molecule has 5 rings (SSSR count). The van der Waals surface area contributed by atoms with Crippen LogP contribution in [0.1, 0.15) is 7.43 Å². The molecule has 34 heavy (non-hydrogen) atoms. The molecule has 178 valence electrons. The number of thiophene rings is 1. The van der Waals surface area contributed by atoms with E-state index in [0.717, 1.165) is 48.7 Å². The number of para-hydroxylation sites is 2. The van der Waals surface area contributed by atoms with Crippen LogP contribution in [0.25, 0.3) is 21.3 Å². The van der Waals surface area contributed by atoms with Gasteiger partial charge in [-0.15, -0.1) is 11.3 Å². The second-order valence-electron chi connectivity index (χ2n) is 8.11. The molecule has 0 aliphatic carbocycles. The monoisotopic (exact) mass is 478 g/mol. The van der Waals surface area contributed by atoms with Gasteiger partial charge in [0.05, 0.1) is 18.2 Å². The van der Waals surface area contributed by atoms with E-state index in [0.29, 0.717) is 23.3 Å². The van der Waals surface area contributed by atoms with E-state index >= 15 is 0 Å². The van der Waals surface area contributed by atoms with Crippen molar-refractivity contribution >= 4 is 27.2 Å². The number of H-pyrrole nitrogens is 1. The highest BCUT2D eigenvalue weighted by molar-refractivity contribution is 7.17. The molecule has 0 atom stereocenters. The summed E-state index contributed by atoms with van der Waals surface area (Å²) in [6.45, 7) is 4.48. The highest BCUT2D eigenvalue weighted by atomic mass is 32.1. The Morgan fingerprint density at radius 3 is 2.38 bits per heavy atom. The molecular weight excluding hydrogens is 448 g/mol. The van der Waals surface area contributed by atoms with Gasteiger partial charge in [0, 0.05) is 50.2 Å². The molecule has 7 nitrogen and oxygen atoms in total. The lowest BCUT2D eigenvalue weighted by Gasteiger charge is -2.36. The van der Waals surface area contributed by atoms with E-state index in [-0.39, 0.29) is 18.7 Å². The number of hydrogen-bond donors (Lipinski definition) is 1. The molecule has 1 fully saturated rings. The summed E-state index contributed by atoms with van der Waals surface area (Å²) in [5, 5.41) is 2.53. The number of aromatic amines is 1. The van der Waals surface area contributed by atoms with Crippen molar-refractivity contribution in [2.24, 2.45) is 0 Å². The number of fused-ring (bicyclic) bond motifs is 1. The van der Waals surface area contributed by atoms with Crippen LogP contribution in [0.4, 0.5) is 5.69 Å². The normalized spacial score (nSPS) is 14.2. The Kier molecular flexibility index (Phi) is 7.19. The van der Waals surface area contributed by atoms with Crippen molar-refractivity contribution in [1.29, 1.82) is 0 Å². The molecular formula is C26H30N4O3S. The van der Waals surface area contributed by atoms with E-state index in [2.05, 4.69) is 20.9 Å². The van der Waals surface area contributed by atoms with Crippen molar-refractivity contribution in [2.45, 2.75) is 14.0 Å². The number of nitrogens with one attached hydrogen (secondary N) is 1. The lowest BCUT2D eigenvalue weighted by atomic mass is 10.1. The third-order valence-electron chi connectivity index (χ3n) is 6.24. The molecule has 2 aromatic carbocycles. The second kappa shape index (κ2) is 10.3. The highest BCUT2D eigenvalue weighted by Crippen LogP contribution is 2.30.